The fourth-order valence-corrected chi connectivity index (χ4v) is 3.68. The Balaban J connectivity index is 1.59. The van der Waals surface area contributed by atoms with Crippen LogP contribution in [0.1, 0.15) is 40.7 Å². The van der Waals surface area contributed by atoms with Crippen LogP contribution >= 0.6 is 0 Å². The van der Waals surface area contributed by atoms with E-state index in [1.807, 2.05) is 6.92 Å². The van der Waals surface area contributed by atoms with Gasteiger partial charge < -0.3 is 15.5 Å². The summed E-state index contributed by atoms with van der Waals surface area (Å²) in [6.07, 6.45) is 1.35. The van der Waals surface area contributed by atoms with Crippen molar-refractivity contribution in [1.82, 2.24) is 20.0 Å². The fraction of sp³-hybridized carbons (Fsp3) is 0.368. The number of amides is 3. The van der Waals surface area contributed by atoms with Crippen molar-refractivity contribution in [2.45, 2.75) is 38.9 Å². The lowest BCUT2D eigenvalue weighted by molar-refractivity contribution is 0.0947. The number of aryl methyl sites for hydroxylation is 1. The van der Waals surface area contributed by atoms with Crippen molar-refractivity contribution in [3.63, 3.8) is 0 Å². The number of aromatic nitrogens is 2. The second kappa shape index (κ2) is 6.96. The maximum absolute atomic E-state index is 13.5. The van der Waals surface area contributed by atoms with E-state index in [-0.39, 0.29) is 30.1 Å². The first-order chi connectivity index (χ1) is 13.5. The quantitative estimate of drug-likeness (QED) is 0.787. The maximum atomic E-state index is 13.5. The van der Waals surface area contributed by atoms with E-state index in [2.05, 4.69) is 15.7 Å². The summed E-state index contributed by atoms with van der Waals surface area (Å²) in [4.78, 5) is 26.9. The number of fused-ring (bicyclic) bond motifs is 3. The molecule has 1 aromatic carbocycles. The molecule has 0 saturated carbocycles. The first-order valence-corrected chi connectivity index (χ1v) is 9.12. The third kappa shape index (κ3) is 3.07. The van der Waals surface area contributed by atoms with Crippen molar-refractivity contribution in [3.8, 4) is 6.07 Å². The van der Waals surface area contributed by atoms with Crippen LogP contribution in [-0.2, 0) is 19.5 Å². The minimum atomic E-state index is -0.634. The van der Waals surface area contributed by atoms with Gasteiger partial charge in [0.15, 0.2) is 0 Å². The Kier molecular flexibility index (Phi) is 4.47. The first-order valence-electron chi connectivity index (χ1n) is 9.12. The second-order valence-corrected chi connectivity index (χ2v) is 7.02. The standard InChI is InChI=1S/C19H19FN6O2/c1-11-7-16-14(17-18(27)22-5-2-6-26(17)24-16)10-25(11)19(28)23-13-3-4-15(20)12(8-13)9-21/h3-4,8,11H,2,5-7,10H2,1H3,(H,22,27)(H,23,28). The normalized spacial score (nSPS) is 18.4. The summed E-state index contributed by atoms with van der Waals surface area (Å²) in [5.74, 6) is -0.802. The fourth-order valence-electron chi connectivity index (χ4n) is 3.68. The van der Waals surface area contributed by atoms with Crippen LogP contribution in [0.25, 0.3) is 0 Å². The zero-order valence-electron chi connectivity index (χ0n) is 15.3. The summed E-state index contributed by atoms with van der Waals surface area (Å²) in [5, 5.41) is 19.1. The summed E-state index contributed by atoms with van der Waals surface area (Å²) < 4.78 is 15.2. The first kappa shape index (κ1) is 18.0. The highest BCUT2D eigenvalue weighted by Crippen LogP contribution is 2.27. The minimum absolute atomic E-state index is 0.120. The average molecular weight is 382 g/mol. The molecule has 2 aliphatic heterocycles. The number of nitriles is 1. The highest BCUT2D eigenvalue weighted by molar-refractivity contribution is 5.95. The Bertz CT molecular complexity index is 1010. The molecule has 144 valence electrons. The van der Waals surface area contributed by atoms with Crippen molar-refractivity contribution in [2.75, 3.05) is 11.9 Å². The molecule has 0 fully saturated rings. The van der Waals surface area contributed by atoms with E-state index in [4.69, 9.17) is 5.26 Å². The number of rotatable bonds is 1. The monoisotopic (exact) mass is 382 g/mol. The summed E-state index contributed by atoms with van der Waals surface area (Å²) in [6, 6.07) is 5.12. The number of carbonyl (C=O) groups excluding carboxylic acids is 2. The Labute approximate surface area is 160 Å². The second-order valence-electron chi connectivity index (χ2n) is 7.02. The summed E-state index contributed by atoms with van der Waals surface area (Å²) in [7, 11) is 0. The lowest BCUT2D eigenvalue weighted by Gasteiger charge is -2.33. The molecule has 0 bridgehead atoms. The predicted octanol–water partition coefficient (Wildman–Crippen LogP) is 2.01. The van der Waals surface area contributed by atoms with Crippen LogP contribution in [0.4, 0.5) is 14.9 Å². The van der Waals surface area contributed by atoms with Crippen LogP contribution in [0.3, 0.4) is 0 Å². The topological polar surface area (TPSA) is 103 Å². The van der Waals surface area contributed by atoms with Crippen LogP contribution in [0.15, 0.2) is 18.2 Å². The Morgan fingerprint density at radius 3 is 3.07 bits per heavy atom. The number of nitrogens with one attached hydrogen (secondary N) is 2. The number of hydrogen-bond donors (Lipinski definition) is 2. The summed E-state index contributed by atoms with van der Waals surface area (Å²) in [5.41, 5.74) is 2.34. The maximum Gasteiger partial charge on any atom is 0.322 e. The van der Waals surface area contributed by atoms with E-state index < -0.39 is 5.82 Å². The van der Waals surface area contributed by atoms with Gasteiger partial charge in [-0.3, -0.25) is 9.48 Å². The highest BCUT2D eigenvalue weighted by Gasteiger charge is 2.34. The highest BCUT2D eigenvalue weighted by atomic mass is 19.1. The molecule has 1 atom stereocenters. The van der Waals surface area contributed by atoms with Gasteiger partial charge in [-0.25, -0.2) is 9.18 Å². The van der Waals surface area contributed by atoms with Gasteiger partial charge in [-0.05, 0) is 31.5 Å². The van der Waals surface area contributed by atoms with Gasteiger partial charge >= 0.3 is 6.03 Å². The van der Waals surface area contributed by atoms with Gasteiger partial charge in [-0.15, -0.1) is 0 Å². The minimum Gasteiger partial charge on any atom is -0.351 e. The average Bonchev–Trinajstić information content (AvgIpc) is 2.92. The van der Waals surface area contributed by atoms with Crippen LogP contribution in [0.2, 0.25) is 0 Å². The van der Waals surface area contributed by atoms with Crippen molar-refractivity contribution in [3.05, 3.63) is 46.5 Å². The van der Waals surface area contributed by atoms with Gasteiger partial charge in [0, 0.05) is 36.8 Å². The number of carbonyl (C=O) groups is 2. The number of nitrogens with zero attached hydrogens (tertiary/aromatic N) is 4. The molecule has 3 heterocycles. The molecular weight excluding hydrogens is 363 g/mol. The van der Waals surface area contributed by atoms with Gasteiger partial charge in [0.25, 0.3) is 5.91 Å². The van der Waals surface area contributed by atoms with Crippen LogP contribution < -0.4 is 10.6 Å². The molecule has 0 aliphatic carbocycles. The van der Waals surface area contributed by atoms with Crippen molar-refractivity contribution < 1.29 is 14.0 Å². The van der Waals surface area contributed by atoms with Crippen LogP contribution in [-0.4, -0.2) is 39.2 Å². The summed E-state index contributed by atoms with van der Waals surface area (Å²) >= 11 is 0. The molecule has 2 aliphatic rings. The van der Waals surface area contributed by atoms with E-state index >= 15 is 0 Å². The van der Waals surface area contributed by atoms with Crippen LogP contribution in [0, 0.1) is 17.1 Å². The molecule has 3 amide bonds. The lowest BCUT2D eigenvalue weighted by atomic mass is 9.99. The van der Waals surface area contributed by atoms with Crippen LogP contribution in [0.5, 0.6) is 0 Å². The van der Waals surface area contributed by atoms with Gasteiger partial charge in [-0.1, -0.05) is 0 Å². The third-order valence-electron chi connectivity index (χ3n) is 5.13. The number of anilines is 1. The zero-order chi connectivity index (χ0) is 19.8. The molecule has 2 aromatic rings. The van der Waals surface area contributed by atoms with E-state index in [1.54, 1.807) is 15.7 Å². The van der Waals surface area contributed by atoms with Crippen molar-refractivity contribution >= 4 is 17.6 Å². The summed E-state index contributed by atoms with van der Waals surface area (Å²) in [6.45, 7) is 3.44. The Morgan fingerprint density at radius 1 is 1.46 bits per heavy atom. The van der Waals surface area contributed by atoms with Gasteiger partial charge in [0.2, 0.25) is 0 Å². The van der Waals surface area contributed by atoms with E-state index in [0.29, 0.717) is 30.9 Å². The number of hydrogen-bond acceptors (Lipinski definition) is 4. The molecule has 0 saturated heterocycles. The lowest BCUT2D eigenvalue weighted by Crippen LogP contribution is -2.45. The number of benzene rings is 1. The Hall–Kier alpha value is -3.41. The third-order valence-corrected chi connectivity index (χ3v) is 5.13. The number of urea groups is 1. The molecule has 8 nitrogen and oxygen atoms in total. The molecule has 9 heteroatoms. The largest absolute Gasteiger partial charge is 0.351 e. The van der Waals surface area contributed by atoms with Gasteiger partial charge in [0.1, 0.15) is 17.6 Å². The predicted molar refractivity (Wildman–Crippen MR) is 98.0 cm³/mol. The van der Waals surface area contributed by atoms with E-state index in [0.717, 1.165) is 23.7 Å². The van der Waals surface area contributed by atoms with E-state index in [9.17, 15) is 14.0 Å². The molecular formula is C19H19FN6O2. The smallest absolute Gasteiger partial charge is 0.322 e. The Morgan fingerprint density at radius 2 is 2.29 bits per heavy atom. The van der Waals surface area contributed by atoms with Gasteiger partial charge in [-0.2, -0.15) is 10.4 Å². The molecule has 2 N–H and O–H groups in total. The molecule has 0 radical (unpaired) electrons. The molecule has 28 heavy (non-hydrogen) atoms. The number of halogens is 1. The molecule has 0 spiro atoms. The van der Waals surface area contributed by atoms with E-state index in [1.165, 1.54) is 12.1 Å². The SMILES string of the molecule is CC1Cc2nn3c(c2CN1C(=O)Nc1ccc(F)c(C#N)c1)C(=O)NCCC3. The van der Waals surface area contributed by atoms with Gasteiger partial charge in [0.05, 0.1) is 17.8 Å². The van der Waals surface area contributed by atoms with Crippen molar-refractivity contribution in [1.29, 1.82) is 5.26 Å². The molecule has 1 unspecified atom stereocenters. The van der Waals surface area contributed by atoms with Crippen molar-refractivity contribution in [2.24, 2.45) is 0 Å². The molecule has 4 rings (SSSR count). The molecule has 1 aromatic heterocycles. The zero-order valence-corrected chi connectivity index (χ0v) is 15.3.